The van der Waals surface area contributed by atoms with Gasteiger partial charge >= 0.3 is 0 Å². The highest BCUT2D eigenvalue weighted by Gasteiger charge is 2.26. The first-order valence-corrected chi connectivity index (χ1v) is 7.57. The van der Waals surface area contributed by atoms with E-state index < -0.39 is 0 Å². The molecule has 1 aliphatic rings. The molecule has 1 aromatic carbocycles. The average molecular weight is 266 g/mol. The molecular weight excluding hydrogens is 242 g/mol. The summed E-state index contributed by atoms with van der Waals surface area (Å²) in [5.41, 5.74) is 1.35. The maximum atomic E-state index is 6.12. The molecule has 1 saturated carbocycles. The van der Waals surface area contributed by atoms with Crippen molar-refractivity contribution in [2.45, 2.75) is 45.6 Å². The van der Waals surface area contributed by atoms with Gasteiger partial charge in [0.1, 0.15) is 0 Å². The molecule has 1 fully saturated rings. The molecular formula is C16H24ClN. The van der Waals surface area contributed by atoms with Gasteiger partial charge in [-0.15, -0.1) is 0 Å². The third kappa shape index (κ3) is 3.49. The van der Waals surface area contributed by atoms with Gasteiger partial charge in [-0.1, -0.05) is 50.4 Å². The second-order valence-electron chi connectivity index (χ2n) is 5.61. The number of hydrogen-bond acceptors (Lipinski definition) is 1. The number of benzene rings is 1. The molecule has 0 bridgehead atoms. The molecule has 0 spiro atoms. The minimum atomic E-state index is 0.473. The van der Waals surface area contributed by atoms with Crippen molar-refractivity contribution in [3.8, 4) is 0 Å². The lowest BCUT2D eigenvalue weighted by atomic mass is 9.77. The van der Waals surface area contributed by atoms with Gasteiger partial charge < -0.3 is 5.32 Å². The molecule has 0 amide bonds. The lowest BCUT2D eigenvalue weighted by Gasteiger charge is -2.33. The van der Waals surface area contributed by atoms with Crippen LogP contribution >= 0.6 is 11.6 Å². The third-order valence-electron chi connectivity index (χ3n) is 4.16. The summed E-state index contributed by atoms with van der Waals surface area (Å²) >= 11 is 6.12. The molecule has 18 heavy (non-hydrogen) atoms. The highest BCUT2D eigenvalue weighted by atomic mass is 35.5. The predicted molar refractivity (Wildman–Crippen MR) is 79.0 cm³/mol. The largest absolute Gasteiger partial charge is 0.310 e. The maximum absolute atomic E-state index is 6.12. The van der Waals surface area contributed by atoms with E-state index in [2.05, 4.69) is 37.4 Å². The molecule has 1 nitrogen and oxygen atoms in total. The van der Waals surface area contributed by atoms with E-state index >= 15 is 0 Å². The Labute approximate surface area is 116 Å². The molecule has 1 aliphatic carbocycles. The van der Waals surface area contributed by atoms with Gasteiger partial charge in [-0.2, -0.15) is 0 Å². The Balaban J connectivity index is 2.12. The fourth-order valence-electron chi connectivity index (χ4n) is 3.10. The van der Waals surface area contributed by atoms with E-state index in [4.69, 9.17) is 11.6 Å². The zero-order valence-electron chi connectivity index (χ0n) is 11.5. The van der Waals surface area contributed by atoms with Crippen LogP contribution < -0.4 is 5.32 Å². The Morgan fingerprint density at radius 1 is 1.28 bits per heavy atom. The molecule has 100 valence electrons. The highest BCUT2D eigenvalue weighted by Crippen LogP contribution is 2.37. The summed E-state index contributed by atoms with van der Waals surface area (Å²) < 4.78 is 0. The molecule has 0 saturated heterocycles. The number of hydrogen-bond donors (Lipinski definition) is 1. The van der Waals surface area contributed by atoms with Crippen LogP contribution in [-0.2, 0) is 0 Å². The number of rotatable bonds is 4. The summed E-state index contributed by atoms with van der Waals surface area (Å²) in [7, 11) is 0. The topological polar surface area (TPSA) is 12.0 Å². The van der Waals surface area contributed by atoms with E-state index in [0.717, 1.165) is 23.4 Å². The van der Waals surface area contributed by atoms with Crippen LogP contribution in [-0.4, -0.2) is 6.54 Å². The quantitative estimate of drug-likeness (QED) is 0.823. The Hall–Kier alpha value is -0.530. The maximum Gasteiger partial charge on any atom is 0.0409 e. The van der Waals surface area contributed by atoms with Crippen molar-refractivity contribution >= 4 is 11.6 Å². The van der Waals surface area contributed by atoms with Crippen molar-refractivity contribution in [2.75, 3.05) is 6.54 Å². The lowest BCUT2D eigenvalue weighted by molar-refractivity contribution is 0.233. The van der Waals surface area contributed by atoms with Gasteiger partial charge in [-0.25, -0.2) is 0 Å². The smallest absolute Gasteiger partial charge is 0.0409 e. The molecule has 0 heterocycles. The van der Waals surface area contributed by atoms with Crippen molar-refractivity contribution in [1.82, 2.24) is 5.32 Å². The monoisotopic (exact) mass is 265 g/mol. The molecule has 1 unspecified atom stereocenters. The van der Waals surface area contributed by atoms with Gasteiger partial charge in [0.05, 0.1) is 0 Å². The van der Waals surface area contributed by atoms with E-state index in [0.29, 0.717) is 6.04 Å². The minimum absolute atomic E-state index is 0.473. The van der Waals surface area contributed by atoms with Crippen LogP contribution in [0.5, 0.6) is 0 Å². The Morgan fingerprint density at radius 2 is 2.00 bits per heavy atom. The van der Waals surface area contributed by atoms with Crippen LogP contribution in [0.15, 0.2) is 24.3 Å². The normalized spacial score (nSPS) is 25.9. The van der Waals surface area contributed by atoms with E-state index in [1.54, 1.807) is 0 Å². The fraction of sp³-hybridized carbons (Fsp3) is 0.625. The number of halogens is 1. The van der Waals surface area contributed by atoms with Gasteiger partial charge in [0.25, 0.3) is 0 Å². The first kappa shape index (κ1) is 13.9. The Morgan fingerprint density at radius 3 is 2.61 bits per heavy atom. The molecule has 0 aromatic heterocycles. The summed E-state index contributed by atoms with van der Waals surface area (Å²) in [5, 5.41) is 4.50. The Kier molecular flexibility index (Phi) is 5.08. The van der Waals surface area contributed by atoms with Crippen LogP contribution in [0, 0.1) is 11.8 Å². The SMILES string of the molecule is CCNC(c1cccc(Cl)c1)C1CCC(C)CC1. The van der Waals surface area contributed by atoms with Crippen LogP contribution in [0.2, 0.25) is 5.02 Å². The zero-order valence-corrected chi connectivity index (χ0v) is 12.2. The second-order valence-corrected chi connectivity index (χ2v) is 6.05. The third-order valence-corrected chi connectivity index (χ3v) is 4.40. The fourth-order valence-corrected chi connectivity index (χ4v) is 3.29. The Bertz CT molecular complexity index is 369. The van der Waals surface area contributed by atoms with Gasteiger partial charge in [0.15, 0.2) is 0 Å². The first-order chi connectivity index (χ1) is 8.70. The van der Waals surface area contributed by atoms with E-state index in [1.807, 2.05) is 6.07 Å². The van der Waals surface area contributed by atoms with Crippen molar-refractivity contribution < 1.29 is 0 Å². The van der Waals surface area contributed by atoms with Gasteiger partial charge in [0, 0.05) is 11.1 Å². The highest BCUT2D eigenvalue weighted by molar-refractivity contribution is 6.30. The van der Waals surface area contributed by atoms with Crippen LogP contribution in [0.25, 0.3) is 0 Å². The van der Waals surface area contributed by atoms with Crippen LogP contribution in [0.1, 0.15) is 51.1 Å². The van der Waals surface area contributed by atoms with Crippen molar-refractivity contribution in [3.63, 3.8) is 0 Å². The molecule has 0 aliphatic heterocycles. The molecule has 2 heteroatoms. The van der Waals surface area contributed by atoms with E-state index in [9.17, 15) is 0 Å². The molecule has 1 atom stereocenters. The van der Waals surface area contributed by atoms with Crippen molar-refractivity contribution in [2.24, 2.45) is 11.8 Å². The molecule has 2 rings (SSSR count). The first-order valence-electron chi connectivity index (χ1n) is 7.19. The predicted octanol–water partition coefficient (Wildman–Crippen LogP) is 4.82. The summed E-state index contributed by atoms with van der Waals surface area (Å²) in [4.78, 5) is 0. The van der Waals surface area contributed by atoms with E-state index in [1.165, 1.54) is 31.2 Å². The standard InChI is InChI=1S/C16H24ClN/c1-3-18-16(13-9-7-12(2)8-10-13)14-5-4-6-15(17)11-14/h4-6,11-13,16,18H,3,7-10H2,1-2H3. The lowest BCUT2D eigenvalue weighted by Crippen LogP contribution is -2.30. The summed E-state index contributed by atoms with van der Waals surface area (Å²) in [5.74, 6) is 1.67. The summed E-state index contributed by atoms with van der Waals surface area (Å²) in [6.07, 6.45) is 5.41. The zero-order chi connectivity index (χ0) is 13.0. The van der Waals surface area contributed by atoms with Crippen LogP contribution in [0.3, 0.4) is 0 Å². The van der Waals surface area contributed by atoms with Gasteiger partial charge in [-0.05, 0) is 48.9 Å². The summed E-state index contributed by atoms with van der Waals surface area (Å²) in [6.45, 7) is 5.57. The molecule has 1 aromatic rings. The average Bonchev–Trinajstić information content (AvgIpc) is 2.37. The van der Waals surface area contributed by atoms with Crippen molar-refractivity contribution in [1.29, 1.82) is 0 Å². The van der Waals surface area contributed by atoms with Gasteiger partial charge in [-0.3, -0.25) is 0 Å². The van der Waals surface area contributed by atoms with E-state index in [-0.39, 0.29) is 0 Å². The minimum Gasteiger partial charge on any atom is -0.310 e. The van der Waals surface area contributed by atoms with Crippen molar-refractivity contribution in [3.05, 3.63) is 34.9 Å². The second kappa shape index (κ2) is 6.58. The molecule has 0 radical (unpaired) electrons. The number of nitrogens with one attached hydrogen (secondary N) is 1. The summed E-state index contributed by atoms with van der Waals surface area (Å²) in [6, 6.07) is 8.82. The van der Waals surface area contributed by atoms with Gasteiger partial charge in [0.2, 0.25) is 0 Å². The van der Waals surface area contributed by atoms with Crippen LogP contribution in [0.4, 0.5) is 0 Å². The molecule has 1 N–H and O–H groups in total.